The van der Waals surface area contributed by atoms with Crippen molar-refractivity contribution in [3.8, 4) is 5.69 Å². The highest BCUT2D eigenvalue weighted by Crippen LogP contribution is 2.25. The van der Waals surface area contributed by atoms with E-state index < -0.39 is 5.82 Å². The average molecular weight is 406 g/mol. The van der Waals surface area contributed by atoms with Crippen molar-refractivity contribution in [3.05, 3.63) is 63.4 Å². The monoisotopic (exact) mass is 405 g/mol. The molecule has 0 saturated heterocycles. The first-order valence-electron chi connectivity index (χ1n) is 7.79. The number of aromatic nitrogens is 2. The van der Waals surface area contributed by atoms with Gasteiger partial charge in [-0.1, -0.05) is 47.4 Å². The second kappa shape index (κ2) is 8.11. The van der Waals surface area contributed by atoms with Crippen LogP contribution >= 0.6 is 35.3 Å². The lowest BCUT2D eigenvalue weighted by atomic mass is 10.2. The van der Waals surface area contributed by atoms with Gasteiger partial charge in [-0.2, -0.15) is 0 Å². The Kier molecular flexibility index (Phi) is 5.85. The zero-order valence-corrected chi connectivity index (χ0v) is 16.6. The molecule has 0 atom stereocenters. The predicted molar refractivity (Wildman–Crippen MR) is 108 cm³/mol. The molecule has 2 aromatic carbocycles. The third-order valence-electron chi connectivity index (χ3n) is 3.60. The van der Waals surface area contributed by atoms with Crippen molar-refractivity contribution in [1.82, 2.24) is 9.78 Å². The summed E-state index contributed by atoms with van der Waals surface area (Å²) in [5.74, 6) is -0.604. The largest absolute Gasteiger partial charge is 0.323 e. The SMILES string of the molecule is Cc1ccc(NC(=O)CSc2nn(-c3ccccc3C)c(=S)s2)c(F)c1. The van der Waals surface area contributed by atoms with Crippen LogP contribution in [0.3, 0.4) is 0 Å². The number of carbonyl (C=O) groups is 1. The molecule has 1 N–H and O–H groups in total. The second-order valence-corrected chi connectivity index (χ2v) is 8.50. The summed E-state index contributed by atoms with van der Waals surface area (Å²) in [6.45, 7) is 3.79. The third kappa shape index (κ3) is 4.38. The van der Waals surface area contributed by atoms with Gasteiger partial charge in [0.1, 0.15) is 5.82 Å². The van der Waals surface area contributed by atoms with E-state index in [1.165, 1.54) is 29.2 Å². The molecule has 0 fully saturated rings. The first-order valence-corrected chi connectivity index (χ1v) is 10.00. The Bertz CT molecular complexity index is 1010. The zero-order chi connectivity index (χ0) is 18.7. The molecule has 0 radical (unpaired) electrons. The van der Waals surface area contributed by atoms with E-state index in [9.17, 15) is 9.18 Å². The van der Waals surface area contributed by atoms with E-state index in [4.69, 9.17) is 12.2 Å². The van der Waals surface area contributed by atoms with Gasteiger partial charge < -0.3 is 5.32 Å². The van der Waals surface area contributed by atoms with Crippen LogP contribution < -0.4 is 5.32 Å². The van der Waals surface area contributed by atoms with E-state index >= 15 is 0 Å². The van der Waals surface area contributed by atoms with Crippen LogP contribution in [0.4, 0.5) is 10.1 Å². The number of benzene rings is 2. The number of amides is 1. The first kappa shape index (κ1) is 18.8. The molecule has 26 heavy (non-hydrogen) atoms. The van der Waals surface area contributed by atoms with Crippen LogP contribution in [0.1, 0.15) is 11.1 Å². The molecule has 0 bridgehead atoms. The van der Waals surface area contributed by atoms with Crippen LogP contribution in [-0.4, -0.2) is 21.4 Å². The highest BCUT2D eigenvalue weighted by atomic mass is 32.2. The number of hydrogen-bond acceptors (Lipinski definition) is 5. The smallest absolute Gasteiger partial charge is 0.234 e. The van der Waals surface area contributed by atoms with Gasteiger partial charge in [0, 0.05) is 0 Å². The van der Waals surface area contributed by atoms with Crippen LogP contribution in [0.2, 0.25) is 0 Å². The van der Waals surface area contributed by atoms with Crippen LogP contribution in [0.5, 0.6) is 0 Å². The van der Waals surface area contributed by atoms with Crippen molar-refractivity contribution in [3.63, 3.8) is 0 Å². The molecular weight excluding hydrogens is 389 g/mol. The van der Waals surface area contributed by atoms with Gasteiger partial charge in [0.15, 0.2) is 8.29 Å². The van der Waals surface area contributed by atoms with Gasteiger partial charge in [0.2, 0.25) is 5.91 Å². The summed E-state index contributed by atoms with van der Waals surface area (Å²) < 4.78 is 16.8. The van der Waals surface area contributed by atoms with E-state index in [-0.39, 0.29) is 17.3 Å². The molecule has 0 unspecified atom stereocenters. The summed E-state index contributed by atoms with van der Waals surface area (Å²) in [5.41, 5.74) is 2.97. The summed E-state index contributed by atoms with van der Waals surface area (Å²) in [6.07, 6.45) is 0. The summed E-state index contributed by atoms with van der Waals surface area (Å²) in [7, 11) is 0. The third-order valence-corrected chi connectivity index (χ3v) is 5.96. The zero-order valence-electron chi connectivity index (χ0n) is 14.2. The van der Waals surface area contributed by atoms with Gasteiger partial charge in [-0.15, -0.1) is 5.10 Å². The fourth-order valence-electron chi connectivity index (χ4n) is 2.31. The molecule has 0 aliphatic rings. The van der Waals surface area contributed by atoms with Gasteiger partial charge in [-0.05, 0) is 55.4 Å². The second-order valence-electron chi connectivity index (χ2n) is 5.65. The lowest BCUT2D eigenvalue weighted by molar-refractivity contribution is -0.113. The summed E-state index contributed by atoms with van der Waals surface area (Å²) >= 11 is 8.01. The van der Waals surface area contributed by atoms with Gasteiger partial charge in [-0.3, -0.25) is 4.79 Å². The highest BCUT2D eigenvalue weighted by Gasteiger charge is 2.12. The Morgan fingerprint density at radius 2 is 2.08 bits per heavy atom. The molecular formula is C18H16FN3OS3. The van der Waals surface area contributed by atoms with Crippen molar-refractivity contribution in [1.29, 1.82) is 0 Å². The van der Waals surface area contributed by atoms with Crippen molar-refractivity contribution in [2.45, 2.75) is 18.2 Å². The van der Waals surface area contributed by atoms with Crippen molar-refractivity contribution < 1.29 is 9.18 Å². The fourth-order valence-corrected chi connectivity index (χ4v) is 4.45. The van der Waals surface area contributed by atoms with Gasteiger partial charge in [0.05, 0.1) is 17.1 Å². The average Bonchev–Trinajstić information content (AvgIpc) is 2.97. The van der Waals surface area contributed by atoms with Crippen LogP contribution in [-0.2, 0) is 4.79 Å². The topological polar surface area (TPSA) is 46.9 Å². The molecule has 1 amide bonds. The number of nitrogens with one attached hydrogen (secondary N) is 1. The number of aryl methyl sites for hydroxylation is 2. The number of para-hydroxylation sites is 1. The van der Waals surface area contributed by atoms with E-state index in [0.29, 0.717) is 8.29 Å². The molecule has 134 valence electrons. The fraction of sp³-hybridized carbons (Fsp3) is 0.167. The van der Waals surface area contributed by atoms with Crippen LogP contribution in [0.25, 0.3) is 5.69 Å². The maximum atomic E-state index is 13.8. The van der Waals surface area contributed by atoms with E-state index in [2.05, 4.69) is 10.4 Å². The normalized spacial score (nSPS) is 10.7. The number of carbonyl (C=O) groups excluding carboxylic acids is 1. The minimum atomic E-state index is -0.442. The van der Waals surface area contributed by atoms with Gasteiger partial charge >= 0.3 is 0 Å². The summed E-state index contributed by atoms with van der Waals surface area (Å²) in [5, 5.41) is 7.07. The Morgan fingerprint density at radius 1 is 1.31 bits per heavy atom. The Hall–Kier alpha value is -2.03. The van der Waals surface area contributed by atoms with Crippen LogP contribution in [0.15, 0.2) is 46.8 Å². The van der Waals surface area contributed by atoms with Crippen molar-refractivity contribution >= 4 is 46.9 Å². The Labute approximate surface area is 164 Å². The van der Waals surface area contributed by atoms with Gasteiger partial charge in [0.25, 0.3) is 0 Å². The lowest BCUT2D eigenvalue weighted by Gasteiger charge is -2.06. The highest BCUT2D eigenvalue weighted by molar-refractivity contribution is 8.01. The minimum absolute atomic E-state index is 0.128. The van der Waals surface area contributed by atoms with E-state index in [0.717, 1.165) is 16.8 Å². The molecule has 0 saturated carbocycles. The summed E-state index contributed by atoms with van der Waals surface area (Å²) in [4.78, 5) is 12.1. The molecule has 1 heterocycles. The predicted octanol–water partition coefficient (Wildman–Crippen LogP) is 5.15. The molecule has 0 aliphatic heterocycles. The van der Waals surface area contributed by atoms with Crippen molar-refractivity contribution in [2.75, 3.05) is 11.1 Å². The van der Waals surface area contributed by atoms with Gasteiger partial charge in [-0.25, -0.2) is 9.07 Å². The minimum Gasteiger partial charge on any atom is -0.323 e. The maximum absolute atomic E-state index is 13.8. The molecule has 1 aromatic heterocycles. The number of hydrogen-bond donors (Lipinski definition) is 1. The Morgan fingerprint density at radius 3 is 2.81 bits per heavy atom. The van der Waals surface area contributed by atoms with Crippen LogP contribution in [0, 0.1) is 23.6 Å². The number of thioether (sulfide) groups is 1. The van der Waals surface area contributed by atoms with E-state index in [1.807, 2.05) is 31.2 Å². The number of halogens is 1. The molecule has 8 heteroatoms. The van der Waals surface area contributed by atoms with Crippen molar-refractivity contribution in [2.24, 2.45) is 0 Å². The standard InChI is InChI=1S/C18H16FN3OS3/c1-11-7-8-14(13(19)9-11)20-16(23)10-25-17-21-22(18(24)26-17)15-6-4-3-5-12(15)2/h3-9H,10H2,1-2H3,(H,20,23). The maximum Gasteiger partial charge on any atom is 0.234 e. The lowest BCUT2D eigenvalue weighted by Crippen LogP contribution is -2.15. The summed E-state index contributed by atoms with van der Waals surface area (Å²) in [6, 6.07) is 12.5. The first-order chi connectivity index (χ1) is 12.4. The number of rotatable bonds is 5. The number of nitrogens with zero attached hydrogens (tertiary/aromatic N) is 2. The molecule has 3 aromatic rings. The molecule has 4 nitrogen and oxygen atoms in total. The molecule has 0 aliphatic carbocycles. The molecule has 0 spiro atoms. The van der Waals surface area contributed by atoms with E-state index in [1.54, 1.807) is 23.7 Å². The number of anilines is 1. The Balaban J connectivity index is 1.67. The quantitative estimate of drug-likeness (QED) is 0.471. The molecule has 3 rings (SSSR count).